The lowest BCUT2D eigenvalue weighted by molar-refractivity contribution is 0.0706. The SMILES string of the molecule is CCN(C(=O)c1cc(C)ccc1N)[C@@H](C)CN/C=C(\N)c1cccc(OC)c1. The third-order valence-corrected chi connectivity index (χ3v) is 4.65. The minimum Gasteiger partial charge on any atom is -0.497 e. The van der Waals surface area contributed by atoms with Crippen molar-refractivity contribution in [3.05, 3.63) is 65.4 Å². The van der Waals surface area contributed by atoms with E-state index < -0.39 is 0 Å². The second kappa shape index (κ2) is 9.69. The van der Waals surface area contributed by atoms with E-state index in [1.54, 1.807) is 24.3 Å². The summed E-state index contributed by atoms with van der Waals surface area (Å²) in [5.41, 5.74) is 15.7. The van der Waals surface area contributed by atoms with E-state index in [9.17, 15) is 4.79 Å². The van der Waals surface area contributed by atoms with E-state index in [4.69, 9.17) is 16.2 Å². The number of nitrogens with zero attached hydrogens (tertiary/aromatic N) is 1. The normalized spacial score (nSPS) is 12.4. The maximum Gasteiger partial charge on any atom is 0.256 e. The van der Waals surface area contributed by atoms with Crippen LogP contribution in [0.4, 0.5) is 5.69 Å². The summed E-state index contributed by atoms with van der Waals surface area (Å²) in [5, 5.41) is 3.22. The zero-order valence-corrected chi connectivity index (χ0v) is 17.0. The lowest BCUT2D eigenvalue weighted by Gasteiger charge is -2.29. The Hall–Kier alpha value is -3.15. The third kappa shape index (κ3) is 5.19. The molecule has 2 aromatic rings. The van der Waals surface area contributed by atoms with E-state index in [2.05, 4.69) is 5.32 Å². The van der Waals surface area contributed by atoms with Crippen molar-refractivity contribution in [2.24, 2.45) is 5.73 Å². The van der Waals surface area contributed by atoms with Gasteiger partial charge in [0, 0.05) is 36.6 Å². The van der Waals surface area contributed by atoms with E-state index in [1.165, 1.54) is 0 Å². The smallest absolute Gasteiger partial charge is 0.256 e. The molecule has 0 aliphatic heterocycles. The van der Waals surface area contributed by atoms with Gasteiger partial charge in [0.2, 0.25) is 0 Å². The van der Waals surface area contributed by atoms with Crippen molar-refractivity contribution in [3.63, 3.8) is 0 Å². The first kappa shape index (κ1) is 21.2. The Balaban J connectivity index is 2.04. The lowest BCUT2D eigenvalue weighted by atomic mass is 10.1. The van der Waals surface area contributed by atoms with Gasteiger partial charge >= 0.3 is 0 Å². The zero-order valence-electron chi connectivity index (χ0n) is 17.0. The predicted octanol–water partition coefficient (Wildman–Crippen LogP) is 2.98. The molecule has 0 unspecified atom stereocenters. The Morgan fingerprint density at radius 1 is 1.29 bits per heavy atom. The first-order valence-corrected chi connectivity index (χ1v) is 9.37. The molecular weight excluding hydrogens is 352 g/mol. The van der Waals surface area contributed by atoms with E-state index >= 15 is 0 Å². The molecule has 2 aromatic carbocycles. The Morgan fingerprint density at radius 3 is 2.71 bits per heavy atom. The predicted molar refractivity (Wildman–Crippen MR) is 115 cm³/mol. The van der Waals surface area contributed by atoms with Crippen LogP contribution in [0.5, 0.6) is 5.75 Å². The van der Waals surface area contributed by atoms with Crippen molar-refractivity contribution in [1.82, 2.24) is 10.2 Å². The molecule has 0 aromatic heterocycles. The number of aryl methyl sites for hydroxylation is 1. The van der Waals surface area contributed by atoms with Crippen LogP contribution in [0.25, 0.3) is 5.70 Å². The second-order valence-corrected chi connectivity index (χ2v) is 6.77. The van der Waals surface area contributed by atoms with Gasteiger partial charge in [0.05, 0.1) is 18.4 Å². The standard InChI is InChI=1S/C22H30N4O2/c1-5-26(22(27)19-11-15(2)9-10-20(19)23)16(3)13-25-14-21(24)17-7-6-8-18(12-17)28-4/h6-12,14,16,25H,5,13,23-24H2,1-4H3/b21-14-/t16-/m0/s1. The molecule has 6 nitrogen and oxygen atoms in total. The van der Waals surface area contributed by atoms with Crippen LogP contribution >= 0.6 is 0 Å². The number of rotatable bonds is 8. The van der Waals surface area contributed by atoms with Crippen molar-refractivity contribution in [2.45, 2.75) is 26.8 Å². The highest BCUT2D eigenvalue weighted by atomic mass is 16.5. The first-order valence-electron chi connectivity index (χ1n) is 9.37. The molecule has 28 heavy (non-hydrogen) atoms. The van der Waals surface area contributed by atoms with Crippen LogP contribution in [0, 0.1) is 6.92 Å². The molecule has 1 amide bonds. The summed E-state index contributed by atoms with van der Waals surface area (Å²) >= 11 is 0. The van der Waals surface area contributed by atoms with Gasteiger partial charge in [-0.05, 0) is 45.0 Å². The van der Waals surface area contributed by atoms with Gasteiger partial charge in [-0.1, -0.05) is 23.8 Å². The first-order chi connectivity index (χ1) is 13.4. The Labute approximate surface area is 167 Å². The largest absolute Gasteiger partial charge is 0.497 e. The maximum absolute atomic E-state index is 12.9. The molecular formula is C22H30N4O2. The fraction of sp³-hybridized carbons (Fsp3) is 0.318. The molecule has 0 aliphatic rings. The Bertz CT molecular complexity index is 848. The van der Waals surface area contributed by atoms with Gasteiger partial charge in [0.1, 0.15) is 5.75 Å². The van der Waals surface area contributed by atoms with Crippen LogP contribution < -0.4 is 21.5 Å². The van der Waals surface area contributed by atoms with Gasteiger partial charge in [-0.15, -0.1) is 0 Å². The molecule has 6 heteroatoms. The molecule has 0 heterocycles. The van der Waals surface area contributed by atoms with Crippen LogP contribution in [0.2, 0.25) is 0 Å². The molecule has 0 bridgehead atoms. The van der Waals surface area contributed by atoms with E-state index in [0.717, 1.165) is 16.9 Å². The van der Waals surface area contributed by atoms with Crippen LogP contribution in [-0.4, -0.2) is 37.0 Å². The number of amides is 1. The van der Waals surface area contributed by atoms with Crippen molar-refractivity contribution in [1.29, 1.82) is 0 Å². The summed E-state index contributed by atoms with van der Waals surface area (Å²) in [7, 11) is 1.62. The van der Waals surface area contributed by atoms with Gasteiger partial charge in [0.25, 0.3) is 5.91 Å². The third-order valence-electron chi connectivity index (χ3n) is 4.65. The van der Waals surface area contributed by atoms with E-state index in [-0.39, 0.29) is 11.9 Å². The summed E-state index contributed by atoms with van der Waals surface area (Å²) in [6.07, 6.45) is 1.75. The lowest BCUT2D eigenvalue weighted by Crippen LogP contribution is -2.43. The highest BCUT2D eigenvalue weighted by Crippen LogP contribution is 2.18. The summed E-state index contributed by atoms with van der Waals surface area (Å²) in [4.78, 5) is 14.7. The van der Waals surface area contributed by atoms with Crippen LogP contribution in [-0.2, 0) is 0 Å². The Morgan fingerprint density at radius 2 is 2.04 bits per heavy atom. The number of carbonyl (C=O) groups is 1. The van der Waals surface area contributed by atoms with Crippen molar-refractivity contribution in [2.75, 3.05) is 25.9 Å². The highest BCUT2D eigenvalue weighted by molar-refractivity contribution is 5.99. The minimum atomic E-state index is -0.0669. The highest BCUT2D eigenvalue weighted by Gasteiger charge is 2.21. The van der Waals surface area contributed by atoms with Crippen LogP contribution in [0.3, 0.4) is 0 Å². The molecule has 1 atom stereocenters. The summed E-state index contributed by atoms with van der Waals surface area (Å²) < 4.78 is 5.22. The van der Waals surface area contributed by atoms with Crippen molar-refractivity contribution < 1.29 is 9.53 Å². The number of likely N-dealkylation sites (N-methyl/N-ethyl adjacent to an activating group) is 1. The number of ether oxygens (including phenoxy) is 1. The molecule has 0 aliphatic carbocycles. The molecule has 150 valence electrons. The number of nitrogens with two attached hydrogens (primary N) is 2. The molecule has 0 spiro atoms. The quantitative estimate of drug-likeness (QED) is 0.610. The molecule has 5 N–H and O–H groups in total. The molecule has 2 rings (SSSR count). The van der Waals surface area contributed by atoms with Gasteiger partial charge in [0.15, 0.2) is 0 Å². The van der Waals surface area contributed by atoms with Crippen molar-refractivity contribution >= 4 is 17.3 Å². The second-order valence-electron chi connectivity index (χ2n) is 6.77. The Kier molecular flexibility index (Phi) is 7.32. The topological polar surface area (TPSA) is 93.6 Å². The number of methoxy groups -OCH3 is 1. The summed E-state index contributed by atoms with van der Waals surface area (Å²) in [5.74, 6) is 0.684. The zero-order chi connectivity index (χ0) is 20.7. The van der Waals surface area contributed by atoms with E-state index in [1.807, 2.05) is 57.2 Å². The summed E-state index contributed by atoms with van der Waals surface area (Å²) in [6, 6.07) is 13.0. The van der Waals surface area contributed by atoms with Gasteiger partial charge in [-0.25, -0.2) is 0 Å². The maximum atomic E-state index is 12.9. The fourth-order valence-corrected chi connectivity index (χ4v) is 3.00. The molecule has 0 saturated heterocycles. The van der Waals surface area contributed by atoms with Gasteiger partial charge < -0.3 is 26.4 Å². The van der Waals surface area contributed by atoms with Crippen molar-refractivity contribution in [3.8, 4) is 5.75 Å². The number of benzene rings is 2. The molecule has 0 fully saturated rings. The number of hydrogen-bond donors (Lipinski definition) is 3. The van der Waals surface area contributed by atoms with E-state index in [0.29, 0.717) is 30.0 Å². The van der Waals surface area contributed by atoms with Gasteiger partial charge in [-0.2, -0.15) is 0 Å². The molecule has 0 saturated carbocycles. The average Bonchev–Trinajstić information content (AvgIpc) is 2.70. The number of hydrogen-bond acceptors (Lipinski definition) is 5. The van der Waals surface area contributed by atoms with Crippen LogP contribution in [0.1, 0.15) is 35.3 Å². The van der Waals surface area contributed by atoms with Crippen LogP contribution in [0.15, 0.2) is 48.7 Å². The number of nitrogens with one attached hydrogen (secondary N) is 1. The number of carbonyl (C=O) groups excluding carboxylic acids is 1. The fourth-order valence-electron chi connectivity index (χ4n) is 3.00. The van der Waals surface area contributed by atoms with Gasteiger partial charge in [-0.3, -0.25) is 4.79 Å². The molecule has 0 radical (unpaired) electrons. The monoisotopic (exact) mass is 382 g/mol. The minimum absolute atomic E-state index is 0.0354. The average molecular weight is 383 g/mol. The number of anilines is 1. The number of nitrogen functional groups attached to an aromatic ring is 1. The summed E-state index contributed by atoms with van der Waals surface area (Å²) in [6.45, 7) is 7.06.